The van der Waals surface area contributed by atoms with Gasteiger partial charge in [0.2, 0.25) is 0 Å². The van der Waals surface area contributed by atoms with E-state index in [0.717, 1.165) is 66.1 Å². The SMILES string of the molecule is C=C/C=C(\C/C=C\C)n1cc(-c2cnn3c(N)cc(C4CCC(C)(c5ncn[nH]5)CC4)nc23)cn1.CC.CCCCCC. The first kappa shape index (κ1) is 33.5. The second-order valence-corrected chi connectivity index (χ2v) is 11.1. The minimum absolute atomic E-state index is 0.0165. The highest BCUT2D eigenvalue weighted by molar-refractivity contribution is 5.77. The molecule has 232 valence electrons. The monoisotopic (exact) mass is 585 g/mol. The molecular weight excluding hydrogens is 534 g/mol. The van der Waals surface area contributed by atoms with E-state index in [1.54, 1.807) is 16.9 Å². The fourth-order valence-corrected chi connectivity index (χ4v) is 5.43. The normalized spacial score (nSPS) is 18.7. The molecule has 4 heterocycles. The van der Waals surface area contributed by atoms with Gasteiger partial charge in [-0.3, -0.25) is 5.10 Å². The summed E-state index contributed by atoms with van der Waals surface area (Å²) in [7, 11) is 0. The minimum atomic E-state index is 0.0165. The van der Waals surface area contributed by atoms with E-state index in [1.807, 2.05) is 62.3 Å². The molecule has 0 aliphatic heterocycles. The van der Waals surface area contributed by atoms with Gasteiger partial charge in [0.15, 0.2) is 5.65 Å². The van der Waals surface area contributed by atoms with Crippen molar-refractivity contribution in [3.8, 4) is 11.1 Å². The van der Waals surface area contributed by atoms with Crippen LogP contribution in [0.4, 0.5) is 5.82 Å². The Morgan fingerprint density at radius 1 is 1.14 bits per heavy atom. The Morgan fingerprint density at radius 2 is 1.86 bits per heavy atom. The van der Waals surface area contributed by atoms with Crippen molar-refractivity contribution in [1.82, 2.24) is 39.6 Å². The highest BCUT2D eigenvalue weighted by Crippen LogP contribution is 2.43. The number of hydrogen-bond acceptors (Lipinski definition) is 6. The van der Waals surface area contributed by atoms with Gasteiger partial charge in [-0.2, -0.15) is 19.8 Å². The molecule has 43 heavy (non-hydrogen) atoms. The molecular formula is C34H51N9. The Morgan fingerprint density at radius 3 is 2.47 bits per heavy atom. The Hall–Kier alpha value is -4.01. The number of H-pyrrole nitrogens is 1. The number of rotatable bonds is 10. The molecule has 0 aromatic carbocycles. The summed E-state index contributed by atoms with van der Waals surface area (Å²) in [5.41, 5.74) is 11.1. The van der Waals surface area contributed by atoms with Gasteiger partial charge in [0.25, 0.3) is 0 Å². The van der Waals surface area contributed by atoms with Gasteiger partial charge in [0.1, 0.15) is 18.0 Å². The number of nitrogen functional groups attached to an aromatic ring is 1. The lowest BCUT2D eigenvalue weighted by Gasteiger charge is -2.35. The van der Waals surface area contributed by atoms with E-state index in [4.69, 9.17) is 10.7 Å². The van der Waals surface area contributed by atoms with E-state index in [9.17, 15) is 0 Å². The first-order chi connectivity index (χ1) is 20.9. The molecule has 0 radical (unpaired) electrons. The molecule has 0 atom stereocenters. The van der Waals surface area contributed by atoms with Crippen LogP contribution in [0.25, 0.3) is 22.5 Å². The zero-order valence-corrected chi connectivity index (χ0v) is 27.1. The Balaban J connectivity index is 0.000000566. The fraction of sp³-hybridized carbons (Fsp3) is 0.500. The first-order valence-corrected chi connectivity index (χ1v) is 15.9. The molecule has 0 unspecified atom stereocenters. The van der Waals surface area contributed by atoms with Crippen LogP contribution in [0.15, 0.2) is 61.9 Å². The van der Waals surface area contributed by atoms with Crippen LogP contribution >= 0.6 is 0 Å². The molecule has 4 aromatic rings. The third-order valence-corrected chi connectivity index (χ3v) is 8.03. The van der Waals surface area contributed by atoms with Crippen LogP contribution in [0.5, 0.6) is 0 Å². The topological polar surface area (TPSA) is 116 Å². The molecule has 0 amide bonds. The van der Waals surface area contributed by atoms with Crippen molar-refractivity contribution < 1.29 is 0 Å². The minimum Gasteiger partial charge on any atom is -0.384 e. The zero-order chi connectivity index (χ0) is 31.2. The molecule has 0 saturated heterocycles. The third kappa shape index (κ3) is 8.30. The third-order valence-electron chi connectivity index (χ3n) is 8.03. The van der Waals surface area contributed by atoms with Crippen molar-refractivity contribution in [2.24, 2.45) is 0 Å². The highest BCUT2D eigenvalue weighted by Gasteiger charge is 2.36. The predicted molar refractivity (Wildman–Crippen MR) is 179 cm³/mol. The molecule has 5 rings (SSSR count). The number of nitrogens with two attached hydrogens (primary N) is 1. The summed E-state index contributed by atoms with van der Waals surface area (Å²) in [4.78, 5) is 9.46. The van der Waals surface area contributed by atoms with Crippen LogP contribution in [-0.2, 0) is 5.41 Å². The number of aromatic nitrogens is 8. The van der Waals surface area contributed by atoms with Gasteiger partial charge < -0.3 is 5.73 Å². The average Bonchev–Trinajstić information content (AvgIpc) is 3.82. The quantitative estimate of drug-likeness (QED) is 0.109. The standard InChI is InChI=1S/C26H31N9.C6H14.C2H6/c1-4-6-8-20(7-5-2)34-16-19(14-30-34)21-15-31-35-23(27)13-22(32-24(21)35)18-9-11-26(3,12-10-18)25-28-17-29-33-25;1-3-5-6-4-2;1-2/h4-7,13-18H,2,8-12,27H2,1,3H3,(H,28,29,33);3-6H2,1-2H3;1-2H3/b6-4-,20-7+;;. The van der Waals surface area contributed by atoms with Crippen LogP contribution < -0.4 is 5.73 Å². The predicted octanol–water partition coefficient (Wildman–Crippen LogP) is 8.51. The highest BCUT2D eigenvalue weighted by atomic mass is 15.3. The van der Waals surface area contributed by atoms with Crippen molar-refractivity contribution >= 4 is 17.2 Å². The van der Waals surface area contributed by atoms with Crippen LogP contribution in [0.1, 0.15) is 117 Å². The van der Waals surface area contributed by atoms with Crippen molar-refractivity contribution in [1.29, 1.82) is 0 Å². The maximum Gasteiger partial charge on any atom is 0.165 e. The summed E-state index contributed by atoms with van der Waals surface area (Å²) >= 11 is 0. The maximum atomic E-state index is 6.42. The molecule has 1 aliphatic carbocycles. The van der Waals surface area contributed by atoms with Gasteiger partial charge in [0.05, 0.1) is 12.4 Å². The molecule has 9 nitrogen and oxygen atoms in total. The average molecular weight is 586 g/mol. The fourth-order valence-electron chi connectivity index (χ4n) is 5.43. The molecule has 1 fully saturated rings. The lowest BCUT2D eigenvalue weighted by molar-refractivity contribution is 0.277. The van der Waals surface area contributed by atoms with Crippen molar-refractivity contribution in [2.75, 3.05) is 5.73 Å². The summed E-state index contributed by atoms with van der Waals surface area (Å²) in [6.45, 7) is 16.6. The Labute approximate surface area is 257 Å². The van der Waals surface area contributed by atoms with Gasteiger partial charge in [-0.25, -0.2) is 14.6 Å². The van der Waals surface area contributed by atoms with Crippen LogP contribution in [0.3, 0.4) is 0 Å². The van der Waals surface area contributed by atoms with Gasteiger partial charge in [0, 0.05) is 52.5 Å². The summed E-state index contributed by atoms with van der Waals surface area (Å²) in [6.07, 6.45) is 25.5. The first-order valence-electron chi connectivity index (χ1n) is 15.9. The molecule has 0 spiro atoms. The van der Waals surface area contributed by atoms with Crippen LogP contribution in [-0.4, -0.2) is 39.6 Å². The lowest BCUT2D eigenvalue weighted by atomic mass is 9.70. The van der Waals surface area contributed by atoms with E-state index in [0.29, 0.717) is 11.7 Å². The Kier molecular flexibility index (Phi) is 12.9. The number of unbranched alkanes of at least 4 members (excludes halogenated alkanes) is 3. The molecule has 3 N–H and O–H groups in total. The molecule has 1 saturated carbocycles. The number of allylic oxidation sites excluding steroid dienone is 5. The molecule has 4 aromatic heterocycles. The largest absolute Gasteiger partial charge is 0.384 e. The summed E-state index contributed by atoms with van der Waals surface area (Å²) in [5, 5.41) is 16.2. The Bertz CT molecular complexity index is 1440. The van der Waals surface area contributed by atoms with E-state index < -0.39 is 0 Å². The molecule has 0 bridgehead atoms. The van der Waals surface area contributed by atoms with Gasteiger partial charge >= 0.3 is 0 Å². The van der Waals surface area contributed by atoms with Gasteiger partial charge in [-0.1, -0.05) is 85.1 Å². The number of aromatic amines is 1. The second-order valence-electron chi connectivity index (χ2n) is 11.1. The van der Waals surface area contributed by atoms with Crippen LogP contribution in [0, 0.1) is 0 Å². The summed E-state index contributed by atoms with van der Waals surface area (Å²) in [5.74, 6) is 1.90. The number of hydrogen-bond donors (Lipinski definition) is 2. The van der Waals surface area contributed by atoms with E-state index in [2.05, 4.69) is 58.8 Å². The van der Waals surface area contributed by atoms with Crippen molar-refractivity contribution in [3.05, 3.63) is 73.4 Å². The smallest absolute Gasteiger partial charge is 0.165 e. The second kappa shape index (κ2) is 16.6. The van der Waals surface area contributed by atoms with Crippen LogP contribution in [0.2, 0.25) is 0 Å². The number of nitrogens with zero attached hydrogens (tertiary/aromatic N) is 7. The number of fused-ring (bicyclic) bond motifs is 1. The number of nitrogens with one attached hydrogen (secondary N) is 1. The van der Waals surface area contributed by atoms with Gasteiger partial charge in [-0.05, 0) is 38.7 Å². The number of anilines is 1. The van der Waals surface area contributed by atoms with E-state index >= 15 is 0 Å². The molecule has 1 aliphatic rings. The van der Waals surface area contributed by atoms with Gasteiger partial charge in [-0.15, -0.1) is 0 Å². The van der Waals surface area contributed by atoms with Crippen molar-refractivity contribution in [3.63, 3.8) is 0 Å². The summed E-state index contributed by atoms with van der Waals surface area (Å²) in [6, 6.07) is 1.97. The lowest BCUT2D eigenvalue weighted by Crippen LogP contribution is -2.29. The molecule has 9 heteroatoms. The van der Waals surface area contributed by atoms with E-state index in [-0.39, 0.29) is 5.41 Å². The zero-order valence-electron chi connectivity index (χ0n) is 27.1. The van der Waals surface area contributed by atoms with Crippen molar-refractivity contribution in [2.45, 2.75) is 111 Å². The van der Waals surface area contributed by atoms with E-state index in [1.165, 1.54) is 25.7 Å². The maximum absolute atomic E-state index is 6.42. The summed E-state index contributed by atoms with van der Waals surface area (Å²) < 4.78 is 3.58.